The van der Waals surface area contributed by atoms with E-state index in [4.69, 9.17) is 6.57 Å². The predicted octanol–water partition coefficient (Wildman–Crippen LogP) is 9.16. The molecule has 3 heteroatoms. The summed E-state index contributed by atoms with van der Waals surface area (Å²) < 4.78 is 2.10. The van der Waals surface area contributed by atoms with E-state index in [0.717, 1.165) is 55.2 Å². The topological polar surface area (TPSA) is 33.1 Å². The van der Waals surface area contributed by atoms with E-state index < -0.39 is 0 Å². The summed E-state index contributed by atoms with van der Waals surface area (Å²) in [4.78, 5) is 3.92. The van der Waals surface area contributed by atoms with Crippen LogP contribution >= 0.6 is 0 Å². The first-order valence-corrected chi connectivity index (χ1v) is 12.2. The first kappa shape index (κ1) is 22.4. The quantitative estimate of drug-likeness (QED) is 0.236. The van der Waals surface area contributed by atoms with Crippen LogP contribution in [0.15, 0.2) is 103 Å². The molecule has 6 aromatic rings. The van der Waals surface area contributed by atoms with Crippen molar-refractivity contribution in [2.24, 2.45) is 0 Å². The van der Waals surface area contributed by atoms with E-state index in [1.165, 1.54) is 0 Å². The Labute approximate surface area is 216 Å². The Balaban J connectivity index is 1.75. The number of aromatic nitrogens is 1. The molecule has 5 aromatic carbocycles. The molecule has 0 aliphatic heterocycles. The fourth-order valence-corrected chi connectivity index (χ4v) is 5.22. The van der Waals surface area contributed by atoms with Gasteiger partial charge in [-0.25, -0.2) is 4.85 Å². The van der Waals surface area contributed by atoms with Crippen LogP contribution in [0.4, 0.5) is 5.69 Å². The normalized spacial score (nSPS) is 10.9. The highest BCUT2D eigenvalue weighted by Gasteiger charge is 2.21. The molecule has 0 atom stereocenters. The Hall–Kier alpha value is -5.12. The Morgan fingerprint density at radius 2 is 1.19 bits per heavy atom. The van der Waals surface area contributed by atoms with Crippen molar-refractivity contribution in [2.75, 3.05) is 0 Å². The minimum absolute atomic E-state index is 0.507. The summed E-state index contributed by atoms with van der Waals surface area (Å²) in [6.45, 7) is 11.9. The second kappa shape index (κ2) is 8.83. The predicted molar refractivity (Wildman–Crippen MR) is 152 cm³/mol. The molecule has 1 aromatic heterocycles. The molecule has 6 rings (SSSR count). The number of fused-ring (bicyclic) bond motifs is 3. The van der Waals surface area contributed by atoms with Gasteiger partial charge in [0, 0.05) is 10.8 Å². The van der Waals surface area contributed by atoms with Crippen molar-refractivity contribution < 1.29 is 0 Å². The summed E-state index contributed by atoms with van der Waals surface area (Å²) >= 11 is 0. The molecule has 0 bridgehead atoms. The third-order valence-electron chi connectivity index (χ3n) is 7.22. The fourth-order valence-electron chi connectivity index (χ4n) is 5.22. The molecule has 0 aliphatic carbocycles. The summed E-state index contributed by atoms with van der Waals surface area (Å²) in [6.07, 6.45) is 0. The molecular weight excluding hydrogens is 450 g/mol. The third-order valence-corrected chi connectivity index (χ3v) is 7.22. The molecular formula is C34H23N3. The van der Waals surface area contributed by atoms with Crippen LogP contribution in [0.5, 0.6) is 0 Å². The molecule has 1 heterocycles. The van der Waals surface area contributed by atoms with Crippen LogP contribution in [0.1, 0.15) is 16.7 Å². The zero-order valence-electron chi connectivity index (χ0n) is 20.7. The first-order valence-electron chi connectivity index (χ1n) is 12.2. The number of nitriles is 1. The van der Waals surface area contributed by atoms with E-state index in [2.05, 4.69) is 76.1 Å². The standard InChI is InChI=1S/C34H23N3/c1-22-18-28(21-35)34(33(36-3)23(22)2)37-31-16-14-26(24-10-6-4-7-11-24)19-29(31)30-20-27(15-17-32(30)37)25-12-8-5-9-13-25/h4-20H,1-2H3. The van der Waals surface area contributed by atoms with Gasteiger partial charge in [0.2, 0.25) is 5.69 Å². The van der Waals surface area contributed by atoms with Crippen molar-refractivity contribution in [3.63, 3.8) is 0 Å². The van der Waals surface area contributed by atoms with Gasteiger partial charge in [-0.1, -0.05) is 78.4 Å². The van der Waals surface area contributed by atoms with Gasteiger partial charge >= 0.3 is 0 Å². The Morgan fingerprint density at radius 3 is 1.65 bits per heavy atom. The van der Waals surface area contributed by atoms with Crippen molar-refractivity contribution in [1.29, 1.82) is 5.26 Å². The van der Waals surface area contributed by atoms with Crippen LogP contribution in [0, 0.1) is 31.8 Å². The van der Waals surface area contributed by atoms with Crippen molar-refractivity contribution in [3.8, 4) is 34.0 Å². The summed E-state index contributed by atoms with van der Waals surface area (Å²) in [5.74, 6) is 0. The summed E-state index contributed by atoms with van der Waals surface area (Å²) in [6, 6.07) is 37.9. The second-order valence-corrected chi connectivity index (χ2v) is 9.32. The summed E-state index contributed by atoms with van der Waals surface area (Å²) in [7, 11) is 0. The highest BCUT2D eigenvalue weighted by Crippen LogP contribution is 2.41. The van der Waals surface area contributed by atoms with Crippen LogP contribution in [-0.4, -0.2) is 4.57 Å². The highest BCUT2D eigenvalue weighted by atomic mass is 15.0. The monoisotopic (exact) mass is 473 g/mol. The minimum Gasteiger partial charge on any atom is -0.318 e. The number of benzene rings is 5. The average Bonchev–Trinajstić information content (AvgIpc) is 3.27. The maximum Gasteiger partial charge on any atom is 0.215 e. The van der Waals surface area contributed by atoms with Gasteiger partial charge in [-0.15, -0.1) is 0 Å². The molecule has 3 nitrogen and oxygen atoms in total. The van der Waals surface area contributed by atoms with Crippen molar-refractivity contribution in [2.45, 2.75) is 13.8 Å². The molecule has 0 unspecified atom stereocenters. The van der Waals surface area contributed by atoms with Crippen LogP contribution in [0.25, 0.3) is 54.6 Å². The van der Waals surface area contributed by atoms with E-state index in [1.807, 2.05) is 56.3 Å². The van der Waals surface area contributed by atoms with Gasteiger partial charge in [0.15, 0.2) is 0 Å². The number of rotatable bonds is 3. The first-order chi connectivity index (χ1) is 18.1. The van der Waals surface area contributed by atoms with Gasteiger partial charge < -0.3 is 4.57 Å². The molecule has 0 radical (unpaired) electrons. The van der Waals surface area contributed by atoms with Gasteiger partial charge in [-0.2, -0.15) is 5.26 Å². The van der Waals surface area contributed by atoms with Crippen molar-refractivity contribution in [1.82, 2.24) is 4.57 Å². The lowest BCUT2D eigenvalue weighted by Crippen LogP contribution is -2.01. The number of nitrogens with zero attached hydrogens (tertiary/aromatic N) is 3. The van der Waals surface area contributed by atoms with E-state index in [1.54, 1.807) is 0 Å². The van der Waals surface area contributed by atoms with Crippen molar-refractivity contribution in [3.05, 3.63) is 131 Å². The Morgan fingerprint density at radius 1 is 0.676 bits per heavy atom. The largest absolute Gasteiger partial charge is 0.318 e. The second-order valence-electron chi connectivity index (χ2n) is 9.32. The zero-order valence-corrected chi connectivity index (χ0v) is 20.7. The van der Waals surface area contributed by atoms with E-state index >= 15 is 0 Å². The molecule has 0 amide bonds. The third kappa shape index (κ3) is 3.57. The molecule has 0 aliphatic rings. The smallest absolute Gasteiger partial charge is 0.215 e. The van der Waals surface area contributed by atoms with Gasteiger partial charge in [0.05, 0.1) is 34.9 Å². The highest BCUT2D eigenvalue weighted by molar-refractivity contribution is 6.12. The zero-order chi connectivity index (χ0) is 25.5. The molecule has 0 N–H and O–H groups in total. The Bertz CT molecular complexity index is 1800. The van der Waals surface area contributed by atoms with E-state index in [9.17, 15) is 5.26 Å². The van der Waals surface area contributed by atoms with Gasteiger partial charge in [0.25, 0.3) is 0 Å². The molecule has 37 heavy (non-hydrogen) atoms. The maximum atomic E-state index is 10.1. The molecule has 174 valence electrons. The van der Waals surface area contributed by atoms with Crippen LogP contribution in [-0.2, 0) is 0 Å². The summed E-state index contributed by atoms with van der Waals surface area (Å²) in [5.41, 5.74) is 10.0. The number of aryl methyl sites for hydroxylation is 1. The lowest BCUT2D eigenvalue weighted by Gasteiger charge is -2.16. The maximum absolute atomic E-state index is 10.1. The minimum atomic E-state index is 0.507. The number of hydrogen-bond donors (Lipinski definition) is 0. The van der Waals surface area contributed by atoms with Gasteiger partial charge in [-0.05, 0) is 72.0 Å². The number of hydrogen-bond acceptors (Lipinski definition) is 1. The van der Waals surface area contributed by atoms with Crippen LogP contribution < -0.4 is 0 Å². The van der Waals surface area contributed by atoms with Crippen LogP contribution in [0.2, 0.25) is 0 Å². The van der Waals surface area contributed by atoms with Crippen molar-refractivity contribution >= 4 is 27.5 Å². The molecule has 0 saturated heterocycles. The summed E-state index contributed by atoms with van der Waals surface area (Å²) in [5, 5.41) is 12.3. The fraction of sp³-hybridized carbons (Fsp3) is 0.0588. The Kier molecular flexibility index (Phi) is 5.33. The lowest BCUT2D eigenvalue weighted by molar-refractivity contribution is 1.16. The van der Waals surface area contributed by atoms with E-state index in [0.29, 0.717) is 16.9 Å². The average molecular weight is 474 g/mol. The molecule has 0 fully saturated rings. The van der Waals surface area contributed by atoms with Gasteiger partial charge in [0.1, 0.15) is 0 Å². The van der Waals surface area contributed by atoms with Crippen LogP contribution in [0.3, 0.4) is 0 Å². The lowest BCUT2D eigenvalue weighted by atomic mass is 10.0. The van der Waals surface area contributed by atoms with E-state index in [-0.39, 0.29) is 0 Å². The SMILES string of the molecule is [C-]#[N+]c1c(C)c(C)cc(C#N)c1-n1c2ccc(-c3ccccc3)cc2c2cc(-c3ccccc3)ccc21. The molecule has 0 saturated carbocycles. The molecule has 0 spiro atoms. The van der Waals surface area contributed by atoms with Gasteiger partial charge in [-0.3, -0.25) is 0 Å².